The highest BCUT2D eigenvalue weighted by Gasteiger charge is 2.30. The molecule has 2 nitrogen and oxygen atoms in total. The second kappa shape index (κ2) is 7.26. The van der Waals surface area contributed by atoms with Crippen molar-refractivity contribution in [1.82, 2.24) is 10.6 Å². The van der Waals surface area contributed by atoms with Gasteiger partial charge in [-0.15, -0.1) is 0 Å². The smallest absolute Gasteiger partial charge is 0.315 e. The van der Waals surface area contributed by atoms with Crippen molar-refractivity contribution in [2.24, 2.45) is 0 Å². The van der Waals surface area contributed by atoms with Gasteiger partial charge in [-0.05, 0) is 37.2 Å². The molecule has 0 heterocycles. The molecule has 0 bridgehead atoms. The number of likely N-dealkylation sites (N-methyl/N-ethyl adjacent to an activating group) is 1. The maximum atomic E-state index is 12.6. The van der Waals surface area contributed by atoms with Gasteiger partial charge in [0.15, 0.2) is 0 Å². The van der Waals surface area contributed by atoms with E-state index in [0.717, 1.165) is 19.2 Å². The Kier molecular flexibility index (Phi) is 6.29. The molecule has 1 aromatic carbocycles. The third kappa shape index (κ3) is 5.50. The van der Waals surface area contributed by atoms with Crippen LogP contribution in [0, 0.1) is 0 Å². The predicted molar refractivity (Wildman–Crippen MR) is 74.0 cm³/mol. The molecule has 0 radical (unpaired) electrons. The molecule has 1 atom stereocenters. The quantitative estimate of drug-likeness (QED) is 0.828. The molecule has 1 unspecified atom stereocenters. The van der Waals surface area contributed by atoms with Gasteiger partial charge < -0.3 is 10.6 Å². The van der Waals surface area contributed by atoms with Gasteiger partial charge in [0.2, 0.25) is 0 Å². The van der Waals surface area contributed by atoms with E-state index in [0.29, 0.717) is 16.6 Å². The Morgan fingerprint density at radius 3 is 2.58 bits per heavy atom. The fourth-order valence-corrected chi connectivity index (χ4v) is 1.99. The number of benzene rings is 1. The summed E-state index contributed by atoms with van der Waals surface area (Å²) in [4.78, 5) is 0. The number of alkyl halides is 3. The molecule has 1 rings (SSSR count). The second-order valence-electron chi connectivity index (χ2n) is 4.39. The molecule has 0 fully saturated rings. The monoisotopic (exact) mass is 338 g/mol. The number of halogens is 4. The second-order valence-corrected chi connectivity index (χ2v) is 5.25. The summed E-state index contributed by atoms with van der Waals surface area (Å²) >= 11 is 3.28. The summed E-state index contributed by atoms with van der Waals surface area (Å²) in [5.41, 5.74) is -0.00925. The third-order valence-electron chi connectivity index (χ3n) is 2.71. The number of rotatable bonds is 6. The first kappa shape index (κ1) is 16.5. The lowest BCUT2D eigenvalue weighted by Gasteiger charge is -2.16. The highest BCUT2D eigenvalue weighted by Crippen LogP contribution is 2.31. The van der Waals surface area contributed by atoms with Crippen LogP contribution in [0.2, 0.25) is 0 Å². The average Bonchev–Trinajstić information content (AvgIpc) is 2.33. The first-order valence-corrected chi connectivity index (χ1v) is 6.93. The van der Waals surface area contributed by atoms with E-state index in [2.05, 4.69) is 26.6 Å². The van der Waals surface area contributed by atoms with Crippen LogP contribution in [0.25, 0.3) is 0 Å². The average molecular weight is 339 g/mol. The molecule has 1 aromatic rings. The number of hydrogen-bond acceptors (Lipinski definition) is 2. The Balaban J connectivity index is 2.67. The fraction of sp³-hybridized carbons (Fsp3) is 0.538. The summed E-state index contributed by atoms with van der Waals surface area (Å²) in [7, 11) is 0. The van der Waals surface area contributed by atoms with E-state index in [9.17, 15) is 13.2 Å². The van der Waals surface area contributed by atoms with Gasteiger partial charge >= 0.3 is 6.18 Å². The lowest BCUT2D eigenvalue weighted by molar-refractivity contribution is -0.137. The lowest BCUT2D eigenvalue weighted by Crippen LogP contribution is -2.35. The molecule has 0 aromatic heterocycles. The minimum atomic E-state index is -4.30. The van der Waals surface area contributed by atoms with Crippen LogP contribution in [-0.4, -0.2) is 19.1 Å². The van der Waals surface area contributed by atoms with Crippen LogP contribution < -0.4 is 10.6 Å². The minimum absolute atomic E-state index is 0.196. The van der Waals surface area contributed by atoms with E-state index in [-0.39, 0.29) is 6.04 Å². The molecule has 0 saturated carbocycles. The van der Waals surface area contributed by atoms with Crippen molar-refractivity contribution in [2.75, 3.05) is 13.1 Å². The summed E-state index contributed by atoms with van der Waals surface area (Å²) in [6, 6.07) is 3.89. The molecule has 0 aliphatic rings. The molecular formula is C13H18BrF3N2. The number of hydrogen-bond donors (Lipinski definition) is 2. The molecule has 19 heavy (non-hydrogen) atoms. The van der Waals surface area contributed by atoms with Gasteiger partial charge in [-0.1, -0.05) is 22.9 Å². The Labute approximate surface area is 119 Å². The summed E-state index contributed by atoms with van der Waals surface area (Å²) in [6.45, 7) is 6.06. The van der Waals surface area contributed by atoms with Crippen LogP contribution in [0.5, 0.6) is 0 Å². The maximum Gasteiger partial charge on any atom is 0.416 e. The molecule has 0 amide bonds. The minimum Gasteiger partial charge on any atom is -0.315 e. The Hall–Kier alpha value is -0.590. The zero-order valence-electron chi connectivity index (χ0n) is 10.9. The van der Waals surface area contributed by atoms with Crippen molar-refractivity contribution < 1.29 is 13.2 Å². The summed E-state index contributed by atoms with van der Waals surface area (Å²) < 4.78 is 38.5. The predicted octanol–water partition coefficient (Wildman–Crippen LogP) is 3.56. The molecule has 0 saturated heterocycles. The highest BCUT2D eigenvalue weighted by molar-refractivity contribution is 9.10. The van der Waals surface area contributed by atoms with Gasteiger partial charge in [0.05, 0.1) is 5.56 Å². The first-order chi connectivity index (χ1) is 8.84. The maximum absolute atomic E-state index is 12.6. The van der Waals surface area contributed by atoms with E-state index in [1.807, 2.05) is 13.8 Å². The topological polar surface area (TPSA) is 24.1 Å². The molecule has 108 valence electrons. The lowest BCUT2D eigenvalue weighted by atomic mass is 10.1. The Morgan fingerprint density at radius 1 is 1.32 bits per heavy atom. The van der Waals surface area contributed by atoms with Crippen LogP contribution >= 0.6 is 15.9 Å². The van der Waals surface area contributed by atoms with Gasteiger partial charge in [0.25, 0.3) is 0 Å². The van der Waals surface area contributed by atoms with E-state index in [1.165, 1.54) is 12.1 Å². The molecular weight excluding hydrogens is 321 g/mol. The number of nitrogens with one attached hydrogen (secondary N) is 2. The molecule has 6 heteroatoms. The zero-order valence-corrected chi connectivity index (χ0v) is 12.5. The van der Waals surface area contributed by atoms with Crippen LogP contribution in [-0.2, 0) is 12.7 Å². The van der Waals surface area contributed by atoms with E-state index >= 15 is 0 Å². The van der Waals surface area contributed by atoms with Crippen LogP contribution in [0.15, 0.2) is 22.7 Å². The Morgan fingerprint density at radius 2 is 2.00 bits per heavy atom. The van der Waals surface area contributed by atoms with Gasteiger partial charge in [-0.25, -0.2) is 0 Å². The Bertz CT molecular complexity index is 407. The molecule has 0 aliphatic carbocycles. The largest absolute Gasteiger partial charge is 0.416 e. The van der Waals surface area contributed by atoms with Gasteiger partial charge in [-0.3, -0.25) is 0 Å². The van der Waals surface area contributed by atoms with E-state index < -0.39 is 11.7 Å². The fourth-order valence-electron chi connectivity index (χ4n) is 1.60. The van der Waals surface area contributed by atoms with Crippen LogP contribution in [0.1, 0.15) is 25.0 Å². The first-order valence-electron chi connectivity index (χ1n) is 6.14. The van der Waals surface area contributed by atoms with E-state index in [1.54, 1.807) is 0 Å². The van der Waals surface area contributed by atoms with Crippen molar-refractivity contribution in [3.8, 4) is 0 Å². The molecule has 2 N–H and O–H groups in total. The van der Waals surface area contributed by atoms with Crippen molar-refractivity contribution in [3.05, 3.63) is 33.8 Å². The van der Waals surface area contributed by atoms with Crippen LogP contribution in [0.3, 0.4) is 0 Å². The molecule has 0 aliphatic heterocycles. The third-order valence-corrected chi connectivity index (χ3v) is 3.49. The van der Waals surface area contributed by atoms with Gasteiger partial charge in [0.1, 0.15) is 0 Å². The normalized spacial score (nSPS) is 13.6. The summed E-state index contributed by atoms with van der Waals surface area (Å²) in [5, 5.41) is 6.37. The summed E-state index contributed by atoms with van der Waals surface area (Å²) in [5.74, 6) is 0. The standard InChI is InChI=1S/C13H18BrF3N2/c1-3-18-7-9(2)19-8-10-6-11(13(15,16)17)4-5-12(10)14/h4-6,9,18-19H,3,7-8H2,1-2H3. The van der Waals surface area contributed by atoms with Crippen molar-refractivity contribution >= 4 is 15.9 Å². The molecule has 0 spiro atoms. The van der Waals surface area contributed by atoms with Crippen molar-refractivity contribution in [1.29, 1.82) is 0 Å². The zero-order chi connectivity index (χ0) is 14.5. The van der Waals surface area contributed by atoms with E-state index in [4.69, 9.17) is 0 Å². The van der Waals surface area contributed by atoms with Crippen LogP contribution in [0.4, 0.5) is 13.2 Å². The van der Waals surface area contributed by atoms with Gasteiger partial charge in [-0.2, -0.15) is 13.2 Å². The highest BCUT2D eigenvalue weighted by atomic mass is 79.9. The summed E-state index contributed by atoms with van der Waals surface area (Å²) in [6.07, 6.45) is -4.30. The van der Waals surface area contributed by atoms with Gasteiger partial charge in [0, 0.05) is 23.6 Å². The van der Waals surface area contributed by atoms with Crippen molar-refractivity contribution in [3.63, 3.8) is 0 Å². The van der Waals surface area contributed by atoms with Crippen molar-refractivity contribution in [2.45, 2.75) is 32.6 Å². The SMILES string of the molecule is CCNCC(C)NCc1cc(C(F)(F)F)ccc1Br.